The predicted molar refractivity (Wildman–Crippen MR) is 126 cm³/mol. The van der Waals surface area contributed by atoms with Crippen molar-refractivity contribution in [3.63, 3.8) is 0 Å². The molecule has 0 amide bonds. The largest absolute Gasteiger partial charge is 0.490 e. The molecule has 8 heteroatoms. The molecule has 2 aromatic heterocycles. The number of benzene rings is 1. The Kier molecular flexibility index (Phi) is 8.56. The van der Waals surface area contributed by atoms with E-state index in [4.69, 9.17) is 9.15 Å². The van der Waals surface area contributed by atoms with Gasteiger partial charge in [0.2, 0.25) is 0 Å². The van der Waals surface area contributed by atoms with Crippen molar-refractivity contribution in [1.29, 1.82) is 0 Å². The van der Waals surface area contributed by atoms with Crippen LogP contribution in [0.3, 0.4) is 0 Å². The lowest BCUT2D eigenvalue weighted by molar-refractivity contribution is 0.336. The zero-order valence-corrected chi connectivity index (χ0v) is 19.8. The Bertz CT molecular complexity index is 922. The first-order chi connectivity index (χ1) is 13.1. The normalized spacial score (nSPS) is 12.5. The predicted octanol–water partition coefficient (Wildman–Crippen LogP) is 4.89. The van der Waals surface area contributed by atoms with Gasteiger partial charge in [-0.3, -0.25) is 4.99 Å². The van der Waals surface area contributed by atoms with Gasteiger partial charge in [-0.2, -0.15) is 0 Å². The van der Waals surface area contributed by atoms with Crippen molar-refractivity contribution in [2.24, 2.45) is 4.99 Å². The smallest absolute Gasteiger partial charge is 0.191 e. The number of furan rings is 1. The van der Waals surface area contributed by atoms with Crippen molar-refractivity contribution in [3.8, 4) is 5.75 Å². The molecule has 3 aromatic rings. The molecule has 0 saturated heterocycles. The number of rotatable bonds is 7. The number of aryl methyl sites for hydroxylation is 1. The highest BCUT2D eigenvalue weighted by Gasteiger charge is 2.15. The summed E-state index contributed by atoms with van der Waals surface area (Å²) in [5, 5.41) is 10.9. The second-order valence-corrected chi connectivity index (χ2v) is 7.08. The van der Waals surface area contributed by atoms with Crippen molar-refractivity contribution in [1.82, 2.24) is 15.6 Å². The van der Waals surface area contributed by atoms with Gasteiger partial charge in [-0.05, 0) is 32.4 Å². The van der Waals surface area contributed by atoms with Crippen LogP contribution in [0.5, 0.6) is 5.75 Å². The minimum absolute atomic E-state index is 0. The summed E-state index contributed by atoms with van der Waals surface area (Å²) in [4.78, 5) is 8.87. The van der Waals surface area contributed by atoms with Crippen LogP contribution in [0.1, 0.15) is 43.3 Å². The molecule has 2 heterocycles. The number of hydrogen-bond acceptors (Lipinski definition) is 5. The number of halogens is 1. The van der Waals surface area contributed by atoms with E-state index >= 15 is 0 Å². The maximum atomic E-state index is 6.06. The van der Waals surface area contributed by atoms with E-state index < -0.39 is 0 Å². The molecule has 28 heavy (non-hydrogen) atoms. The number of nitrogens with zero attached hydrogens (tertiary/aromatic N) is 2. The number of hydrogen-bond donors (Lipinski definition) is 2. The van der Waals surface area contributed by atoms with E-state index in [9.17, 15) is 0 Å². The molecule has 1 atom stereocenters. The molecule has 3 rings (SSSR count). The molecule has 1 aromatic carbocycles. The summed E-state index contributed by atoms with van der Waals surface area (Å²) >= 11 is 1.69. The average molecular weight is 514 g/mol. The SMILES string of the molecule is CCOc1cccc2cc(C(C)NC(=NC)NCc3csc(CC)n3)oc12.I. The highest BCUT2D eigenvalue weighted by molar-refractivity contribution is 14.0. The number of nitrogens with one attached hydrogen (secondary N) is 2. The van der Waals surface area contributed by atoms with Gasteiger partial charge in [0.25, 0.3) is 0 Å². The minimum atomic E-state index is -0.0419. The lowest BCUT2D eigenvalue weighted by Crippen LogP contribution is -2.38. The zero-order chi connectivity index (χ0) is 19.2. The highest BCUT2D eigenvalue weighted by Crippen LogP contribution is 2.31. The zero-order valence-electron chi connectivity index (χ0n) is 16.6. The second kappa shape index (κ2) is 10.7. The Labute approximate surface area is 186 Å². The Morgan fingerprint density at radius 3 is 2.86 bits per heavy atom. The monoisotopic (exact) mass is 514 g/mol. The molecule has 0 saturated carbocycles. The van der Waals surface area contributed by atoms with Crippen LogP contribution >= 0.6 is 35.3 Å². The van der Waals surface area contributed by atoms with Gasteiger partial charge >= 0.3 is 0 Å². The third-order valence-electron chi connectivity index (χ3n) is 4.17. The fourth-order valence-corrected chi connectivity index (χ4v) is 3.52. The van der Waals surface area contributed by atoms with E-state index in [0.29, 0.717) is 19.1 Å². The van der Waals surface area contributed by atoms with Crippen LogP contribution in [0.4, 0.5) is 0 Å². The van der Waals surface area contributed by atoms with E-state index in [1.165, 1.54) is 0 Å². The molecule has 1 unspecified atom stereocenters. The number of para-hydroxylation sites is 1. The van der Waals surface area contributed by atoms with Crippen molar-refractivity contribution < 1.29 is 9.15 Å². The van der Waals surface area contributed by atoms with Crippen LogP contribution in [0.15, 0.2) is 39.1 Å². The molecule has 0 radical (unpaired) electrons. The number of thiazole rings is 1. The summed E-state index contributed by atoms with van der Waals surface area (Å²) in [6.07, 6.45) is 0.963. The highest BCUT2D eigenvalue weighted by atomic mass is 127. The molecule has 0 fully saturated rings. The van der Waals surface area contributed by atoms with Gasteiger partial charge in [-0.25, -0.2) is 4.98 Å². The van der Waals surface area contributed by atoms with Gasteiger partial charge in [0, 0.05) is 17.8 Å². The molecule has 6 nitrogen and oxygen atoms in total. The van der Waals surface area contributed by atoms with Crippen LogP contribution in [0.2, 0.25) is 0 Å². The molecule has 0 bridgehead atoms. The number of guanidine groups is 1. The Morgan fingerprint density at radius 2 is 2.18 bits per heavy atom. The molecule has 0 aliphatic carbocycles. The van der Waals surface area contributed by atoms with E-state index in [0.717, 1.165) is 39.6 Å². The number of fused-ring (bicyclic) bond motifs is 1. The van der Waals surface area contributed by atoms with Crippen molar-refractivity contribution in [3.05, 3.63) is 46.1 Å². The summed E-state index contributed by atoms with van der Waals surface area (Å²) in [5.41, 5.74) is 1.80. The Balaban J connectivity index is 0.00000280. The summed E-state index contributed by atoms with van der Waals surface area (Å²) in [7, 11) is 1.76. The topological polar surface area (TPSA) is 71.7 Å². The maximum Gasteiger partial charge on any atom is 0.191 e. The quantitative estimate of drug-likeness (QED) is 0.267. The first-order valence-electron chi connectivity index (χ1n) is 9.20. The van der Waals surface area contributed by atoms with Crippen molar-refractivity contribution in [2.45, 2.75) is 39.8 Å². The van der Waals surface area contributed by atoms with Crippen LogP contribution in [0, 0.1) is 0 Å². The van der Waals surface area contributed by atoms with E-state index in [1.54, 1.807) is 18.4 Å². The molecule has 0 aliphatic heterocycles. The molecule has 152 valence electrons. The third kappa shape index (κ3) is 5.38. The van der Waals surface area contributed by atoms with Crippen molar-refractivity contribution in [2.75, 3.05) is 13.7 Å². The number of aromatic nitrogens is 1. The maximum absolute atomic E-state index is 6.06. The summed E-state index contributed by atoms with van der Waals surface area (Å²) in [5.74, 6) is 2.31. The van der Waals surface area contributed by atoms with Crippen LogP contribution in [-0.2, 0) is 13.0 Å². The standard InChI is InChI=1S/C20H26N4O2S.HI/c1-5-18-24-15(12-27-18)11-22-20(21-4)23-13(3)17-10-14-8-7-9-16(25-6-2)19(14)26-17;/h7-10,12-13H,5-6,11H2,1-4H3,(H2,21,22,23);1H. The minimum Gasteiger partial charge on any atom is -0.490 e. The molecule has 2 N–H and O–H groups in total. The van der Waals surface area contributed by atoms with Gasteiger partial charge in [0.05, 0.1) is 29.9 Å². The fourth-order valence-electron chi connectivity index (χ4n) is 2.78. The van der Waals surface area contributed by atoms with Crippen LogP contribution < -0.4 is 15.4 Å². The lowest BCUT2D eigenvalue weighted by Gasteiger charge is -2.15. The van der Waals surface area contributed by atoms with E-state index in [2.05, 4.69) is 32.9 Å². The van der Waals surface area contributed by atoms with Gasteiger partial charge in [-0.15, -0.1) is 35.3 Å². The van der Waals surface area contributed by atoms with Crippen LogP contribution in [-0.4, -0.2) is 24.6 Å². The summed E-state index contributed by atoms with van der Waals surface area (Å²) in [6.45, 7) is 7.37. The first-order valence-corrected chi connectivity index (χ1v) is 10.1. The average Bonchev–Trinajstić information content (AvgIpc) is 3.32. The summed E-state index contributed by atoms with van der Waals surface area (Å²) < 4.78 is 11.7. The third-order valence-corrected chi connectivity index (χ3v) is 5.21. The van der Waals surface area contributed by atoms with Gasteiger partial charge in [-0.1, -0.05) is 19.1 Å². The van der Waals surface area contributed by atoms with Gasteiger partial charge in [0.15, 0.2) is 17.3 Å². The fraction of sp³-hybridized carbons (Fsp3) is 0.400. The summed E-state index contributed by atoms with van der Waals surface area (Å²) in [6, 6.07) is 7.93. The molecular formula is C20H27IN4O2S. The molecule has 0 aliphatic rings. The van der Waals surface area contributed by atoms with E-state index in [-0.39, 0.29) is 30.0 Å². The first kappa shape index (κ1) is 22.5. The van der Waals surface area contributed by atoms with Crippen molar-refractivity contribution >= 4 is 52.2 Å². The second-order valence-electron chi connectivity index (χ2n) is 6.13. The number of aliphatic imine (C=N–C) groups is 1. The van der Waals surface area contributed by atoms with Gasteiger partial charge < -0.3 is 19.8 Å². The van der Waals surface area contributed by atoms with Gasteiger partial charge in [0.1, 0.15) is 5.76 Å². The molecule has 0 spiro atoms. The van der Waals surface area contributed by atoms with E-state index in [1.807, 2.05) is 38.1 Å². The Hall–Kier alpha value is -1.81. The lowest BCUT2D eigenvalue weighted by atomic mass is 10.2. The number of ether oxygens (including phenoxy) is 1. The Morgan fingerprint density at radius 1 is 1.36 bits per heavy atom. The van der Waals surface area contributed by atoms with Crippen LogP contribution in [0.25, 0.3) is 11.0 Å². The molecular weight excluding hydrogens is 487 g/mol.